The SMILES string of the molecule is CC1CCC(NC(=O)Nc2ccn(Cc3ccncc3)n2)CC1. The van der Waals surface area contributed by atoms with Crippen molar-refractivity contribution in [2.45, 2.75) is 45.2 Å². The van der Waals surface area contributed by atoms with Crippen molar-refractivity contribution < 1.29 is 4.79 Å². The van der Waals surface area contributed by atoms with Crippen LogP contribution in [0.2, 0.25) is 0 Å². The molecular weight excluding hydrogens is 290 g/mol. The minimum Gasteiger partial charge on any atom is -0.335 e. The summed E-state index contributed by atoms with van der Waals surface area (Å²) in [6.45, 7) is 2.93. The number of rotatable bonds is 4. The largest absolute Gasteiger partial charge is 0.335 e. The van der Waals surface area contributed by atoms with E-state index >= 15 is 0 Å². The van der Waals surface area contributed by atoms with Gasteiger partial charge < -0.3 is 5.32 Å². The molecule has 2 heterocycles. The second-order valence-corrected chi connectivity index (χ2v) is 6.31. The van der Waals surface area contributed by atoms with E-state index in [-0.39, 0.29) is 12.1 Å². The number of hydrogen-bond donors (Lipinski definition) is 2. The van der Waals surface area contributed by atoms with E-state index < -0.39 is 0 Å². The number of nitrogens with zero attached hydrogens (tertiary/aromatic N) is 3. The van der Waals surface area contributed by atoms with E-state index in [0.717, 1.165) is 24.3 Å². The number of anilines is 1. The summed E-state index contributed by atoms with van der Waals surface area (Å²) in [5, 5.41) is 10.2. The van der Waals surface area contributed by atoms with Gasteiger partial charge in [-0.15, -0.1) is 0 Å². The number of aromatic nitrogens is 3. The van der Waals surface area contributed by atoms with Gasteiger partial charge in [0.25, 0.3) is 0 Å². The topological polar surface area (TPSA) is 71.8 Å². The molecule has 0 radical (unpaired) electrons. The van der Waals surface area contributed by atoms with E-state index in [0.29, 0.717) is 12.4 Å². The summed E-state index contributed by atoms with van der Waals surface area (Å²) in [5.41, 5.74) is 1.12. The fourth-order valence-electron chi connectivity index (χ4n) is 2.93. The molecule has 1 saturated carbocycles. The molecule has 0 unspecified atom stereocenters. The van der Waals surface area contributed by atoms with E-state index in [9.17, 15) is 4.79 Å². The Balaban J connectivity index is 1.49. The van der Waals surface area contributed by atoms with Crippen molar-refractivity contribution in [2.24, 2.45) is 5.92 Å². The van der Waals surface area contributed by atoms with Gasteiger partial charge in [-0.3, -0.25) is 15.0 Å². The summed E-state index contributed by atoms with van der Waals surface area (Å²) < 4.78 is 1.80. The monoisotopic (exact) mass is 313 g/mol. The molecule has 2 aromatic heterocycles. The second kappa shape index (κ2) is 7.26. The summed E-state index contributed by atoms with van der Waals surface area (Å²) >= 11 is 0. The van der Waals surface area contributed by atoms with Crippen LogP contribution >= 0.6 is 0 Å². The highest BCUT2D eigenvalue weighted by Gasteiger charge is 2.19. The Morgan fingerprint density at radius 2 is 1.96 bits per heavy atom. The van der Waals surface area contributed by atoms with E-state index in [1.807, 2.05) is 24.4 Å². The Morgan fingerprint density at radius 3 is 2.70 bits per heavy atom. The molecule has 0 atom stereocenters. The number of carbonyl (C=O) groups excluding carboxylic acids is 1. The molecule has 0 spiro atoms. The quantitative estimate of drug-likeness (QED) is 0.911. The van der Waals surface area contributed by atoms with Crippen molar-refractivity contribution in [1.82, 2.24) is 20.1 Å². The lowest BCUT2D eigenvalue weighted by Crippen LogP contribution is -2.40. The van der Waals surface area contributed by atoms with Gasteiger partial charge in [-0.25, -0.2) is 4.79 Å². The minimum atomic E-state index is -0.168. The second-order valence-electron chi connectivity index (χ2n) is 6.31. The highest BCUT2D eigenvalue weighted by atomic mass is 16.2. The smallest absolute Gasteiger partial charge is 0.320 e. The van der Waals surface area contributed by atoms with Crippen LogP contribution in [0, 0.1) is 5.92 Å². The first-order valence-corrected chi connectivity index (χ1v) is 8.19. The summed E-state index contributed by atoms with van der Waals surface area (Å²) in [4.78, 5) is 16.0. The number of amides is 2. The number of hydrogen-bond acceptors (Lipinski definition) is 3. The maximum Gasteiger partial charge on any atom is 0.320 e. The van der Waals surface area contributed by atoms with Crippen LogP contribution in [0.4, 0.5) is 10.6 Å². The van der Waals surface area contributed by atoms with Gasteiger partial charge in [0.05, 0.1) is 6.54 Å². The lowest BCUT2D eigenvalue weighted by molar-refractivity contribution is 0.239. The molecule has 6 heteroatoms. The molecular formula is C17H23N5O. The van der Waals surface area contributed by atoms with Crippen LogP contribution in [0.15, 0.2) is 36.8 Å². The number of nitrogens with one attached hydrogen (secondary N) is 2. The predicted octanol–water partition coefficient (Wildman–Crippen LogP) is 3.03. The zero-order valence-corrected chi connectivity index (χ0v) is 13.4. The highest BCUT2D eigenvalue weighted by Crippen LogP contribution is 2.23. The maximum absolute atomic E-state index is 12.1. The Kier molecular flexibility index (Phi) is 4.90. The molecule has 3 rings (SSSR count). The Labute approximate surface area is 136 Å². The molecule has 0 aliphatic heterocycles. The molecule has 1 aliphatic rings. The van der Waals surface area contributed by atoms with Gasteiger partial charge in [-0.1, -0.05) is 6.92 Å². The van der Waals surface area contributed by atoms with Crippen molar-refractivity contribution in [3.05, 3.63) is 42.4 Å². The van der Waals surface area contributed by atoms with Crippen LogP contribution in [0.1, 0.15) is 38.2 Å². The molecule has 6 nitrogen and oxygen atoms in total. The molecule has 2 amide bonds. The Morgan fingerprint density at radius 1 is 1.22 bits per heavy atom. The summed E-state index contributed by atoms with van der Waals surface area (Å²) in [5.74, 6) is 1.35. The zero-order valence-electron chi connectivity index (χ0n) is 13.4. The fraction of sp³-hybridized carbons (Fsp3) is 0.471. The van der Waals surface area contributed by atoms with Gasteiger partial charge in [0.15, 0.2) is 5.82 Å². The van der Waals surface area contributed by atoms with Crippen molar-refractivity contribution in [2.75, 3.05) is 5.32 Å². The molecule has 122 valence electrons. The van der Waals surface area contributed by atoms with E-state index in [4.69, 9.17) is 0 Å². The van der Waals surface area contributed by atoms with Crippen LogP contribution in [-0.4, -0.2) is 26.8 Å². The minimum absolute atomic E-state index is 0.168. The van der Waals surface area contributed by atoms with Crippen molar-refractivity contribution in [1.29, 1.82) is 0 Å². The van der Waals surface area contributed by atoms with Crippen LogP contribution in [0.3, 0.4) is 0 Å². The summed E-state index contributed by atoms with van der Waals surface area (Å²) in [6.07, 6.45) is 9.87. The van der Waals surface area contributed by atoms with Crippen LogP contribution in [0.25, 0.3) is 0 Å². The first-order valence-electron chi connectivity index (χ1n) is 8.19. The van der Waals surface area contributed by atoms with Gasteiger partial charge in [0, 0.05) is 30.7 Å². The molecule has 0 bridgehead atoms. The van der Waals surface area contributed by atoms with Crippen molar-refractivity contribution >= 4 is 11.8 Å². The first-order chi connectivity index (χ1) is 11.2. The Bertz CT molecular complexity index is 631. The van der Waals surface area contributed by atoms with Crippen molar-refractivity contribution in [3.63, 3.8) is 0 Å². The van der Waals surface area contributed by atoms with Crippen LogP contribution < -0.4 is 10.6 Å². The fourth-order valence-corrected chi connectivity index (χ4v) is 2.93. The number of urea groups is 1. The average Bonchev–Trinajstić information content (AvgIpc) is 2.97. The number of pyridine rings is 1. The van der Waals surface area contributed by atoms with Gasteiger partial charge >= 0.3 is 6.03 Å². The molecule has 1 fully saturated rings. The first kappa shape index (κ1) is 15.5. The van der Waals surface area contributed by atoms with E-state index in [1.54, 1.807) is 17.1 Å². The normalized spacial score (nSPS) is 20.9. The maximum atomic E-state index is 12.1. The standard InChI is InChI=1S/C17H23N5O/c1-13-2-4-15(5-3-13)19-17(23)20-16-8-11-22(21-16)12-14-6-9-18-10-7-14/h6-11,13,15H,2-5,12H2,1H3,(H2,19,20,21,23). The van der Waals surface area contributed by atoms with Crippen LogP contribution in [-0.2, 0) is 6.54 Å². The zero-order chi connectivity index (χ0) is 16.1. The lowest BCUT2D eigenvalue weighted by atomic mass is 9.87. The van der Waals surface area contributed by atoms with Crippen molar-refractivity contribution in [3.8, 4) is 0 Å². The van der Waals surface area contributed by atoms with Gasteiger partial charge in [0.2, 0.25) is 0 Å². The number of carbonyl (C=O) groups is 1. The van der Waals surface area contributed by atoms with E-state index in [2.05, 4.69) is 27.6 Å². The van der Waals surface area contributed by atoms with Gasteiger partial charge in [-0.2, -0.15) is 5.10 Å². The Hall–Kier alpha value is -2.37. The third-order valence-electron chi connectivity index (χ3n) is 4.33. The third-order valence-corrected chi connectivity index (χ3v) is 4.33. The summed E-state index contributed by atoms with van der Waals surface area (Å²) in [7, 11) is 0. The molecule has 2 N–H and O–H groups in total. The molecule has 23 heavy (non-hydrogen) atoms. The predicted molar refractivity (Wildman–Crippen MR) is 89.1 cm³/mol. The molecule has 0 aromatic carbocycles. The van der Waals surface area contributed by atoms with Gasteiger partial charge in [-0.05, 0) is 49.3 Å². The highest BCUT2D eigenvalue weighted by molar-refractivity contribution is 5.88. The summed E-state index contributed by atoms with van der Waals surface area (Å²) in [6, 6.07) is 5.82. The lowest BCUT2D eigenvalue weighted by Gasteiger charge is -2.26. The van der Waals surface area contributed by atoms with Gasteiger partial charge in [0.1, 0.15) is 0 Å². The van der Waals surface area contributed by atoms with Crippen LogP contribution in [0.5, 0.6) is 0 Å². The average molecular weight is 313 g/mol. The molecule has 1 aliphatic carbocycles. The molecule has 2 aromatic rings. The molecule has 0 saturated heterocycles. The van der Waals surface area contributed by atoms with E-state index in [1.165, 1.54) is 12.8 Å². The third kappa shape index (κ3) is 4.55.